The number of rotatable bonds is 2. The molecule has 94 valence electrons. The van der Waals surface area contributed by atoms with Crippen molar-refractivity contribution in [3.05, 3.63) is 23.7 Å². The lowest BCUT2D eigenvalue weighted by Gasteiger charge is -2.17. The van der Waals surface area contributed by atoms with Gasteiger partial charge in [-0.15, -0.1) is 5.10 Å². The van der Waals surface area contributed by atoms with Gasteiger partial charge in [0.05, 0.1) is 0 Å². The van der Waals surface area contributed by atoms with Gasteiger partial charge >= 0.3 is 5.97 Å². The number of aliphatic carboxylic acids is 1. The van der Waals surface area contributed by atoms with Gasteiger partial charge in [0.2, 0.25) is 5.82 Å². The fourth-order valence-corrected chi connectivity index (χ4v) is 2.24. The Morgan fingerprint density at radius 3 is 3.06 bits per heavy atom. The Labute approximate surface area is 103 Å². The first-order valence-corrected chi connectivity index (χ1v) is 5.89. The van der Waals surface area contributed by atoms with Gasteiger partial charge in [0.15, 0.2) is 5.76 Å². The lowest BCUT2D eigenvalue weighted by atomic mass is 10.00. The third-order valence-electron chi connectivity index (χ3n) is 3.13. The van der Waals surface area contributed by atoms with Crippen LogP contribution in [0.2, 0.25) is 0 Å². The van der Waals surface area contributed by atoms with Gasteiger partial charge in [-0.2, -0.15) is 0 Å². The minimum atomic E-state index is -0.842. The molecule has 1 N–H and O–H groups in total. The molecule has 0 saturated carbocycles. The Morgan fingerprint density at radius 2 is 2.39 bits per heavy atom. The molecule has 2 aromatic rings. The van der Waals surface area contributed by atoms with Crippen molar-refractivity contribution in [3.63, 3.8) is 0 Å². The summed E-state index contributed by atoms with van der Waals surface area (Å²) in [7, 11) is 0. The molecular weight excluding hydrogens is 234 g/mol. The summed E-state index contributed by atoms with van der Waals surface area (Å²) < 4.78 is 7.13. The monoisotopic (exact) mass is 247 g/mol. The van der Waals surface area contributed by atoms with Crippen LogP contribution < -0.4 is 0 Å². The van der Waals surface area contributed by atoms with Crippen molar-refractivity contribution in [2.24, 2.45) is 0 Å². The zero-order chi connectivity index (χ0) is 12.7. The summed E-state index contributed by atoms with van der Waals surface area (Å²) in [6, 6.07) is 3.64. The van der Waals surface area contributed by atoms with E-state index in [1.54, 1.807) is 10.7 Å². The number of carboxylic acids is 1. The largest absolute Gasteiger partial charge is 0.481 e. The van der Waals surface area contributed by atoms with Gasteiger partial charge in [0, 0.05) is 6.54 Å². The average Bonchev–Trinajstić information content (AvgIpc) is 2.93. The van der Waals surface area contributed by atoms with Crippen molar-refractivity contribution in [1.82, 2.24) is 14.8 Å². The van der Waals surface area contributed by atoms with Crippen LogP contribution in [0.25, 0.3) is 11.6 Å². The quantitative estimate of drug-likeness (QED) is 0.875. The summed E-state index contributed by atoms with van der Waals surface area (Å²) in [4.78, 5) is 15.5. The van der Waals surface area contributed by atoms with Gasteiger partial charge in [0.1, 0.15) is 17.5 Å². The van der Waals surface area contributed by atoms with Crippen LogP contribution in [0.15, 0.2) is 16.5 Å². The van der Waals surface area contributed by atoms with Gasteiger partial charge in [-0.3, -0.25) is 4.79 Å². The Hall–Kier alpha value is -2.11. The van der Waals surface area contributed by atoms with E-state index in [0.29, 0.717) is 30.4 Å². The summed E-state index contributed by atoms with van der Waals surface area (Å²) in [5.74, 6) is 0.955. The standard InChI is InChI=1S/C12H13N3O3/c1-7-4-5-9(18-7)10-13-11-8(12(16)17)3-2-6-15(11)14-10/h4-5,8H,2-3,6H2,1H3,(H,16,17). The number of carboxylic acid groups (broad SMARTS) is 1. The van der Waals surface area contributed by atoms with Crippen LogP contribution in [0.4, 0.5) is 0 Å². The number of fused-ring (bicyclic) bond motifs is 1. The van der Waals surface area contributed by atoms with Crippen LogP contribution in [0, 0.1) is 6.92 Å². The van der Waals surface area contributed by atoms with Crippen LogP contribution >= 0.6 is 0 Å². The zero-order valence-corrected chi connectivity index (χ0v) is 9.96. The van der Waals surface area contributed by atoms with Crippen molar-refractivity contribution in [1.29, 1.82) is 0 Å². The van der Waals surface area contributed by atoms with E-state index >= 15 is 0 Å². The number of hydrogen-bond donors (Lipinski definition) is 1. The van der Waals surface area contributed by atoms with E-state index in [1.807, 2.05) is 13.0 Å². The van der Waals surface area contributed by atoms with Crippen molar-refractivity contribution >= 4 is 5.97 Å². The molecule has 0 aliphatic carbocycles. The number of aryl methyl sites for hydroxylation is 2. The normalized spacial score (nSPS) is 18.6. The van der Waals surface area contributed by atoms with E-state index in [4.69, 9.17) is 9.52 Å². The molecule has 0 bridgehead atoms. The highest BCUT2D eigenvalue weighted by molar-refractivity contribution is 5.75. The average molecular weight is 247 g/mol. The minimum Gasteiger partial charge on any atom is -0.481 e. The van der Waals surface area contributed by atoms with Gasteiger partial charge in [0.25, 0.3) is 0 Å². The summed E-state index contributed by atoms with van der Waals surface area (Å²) in [6.07, 6.45) is 1.43. The molecule has 6 heteroatoms. The molecule has 0 radical (unpaired) electrons. The Bertz CT molecular complexity index is 599. The van der Waals surface area contributed by atoms with E-state index < -0.39 is 11.9 Å². The first kappa shape index (κ1) is 11.0. The number of nitrogens with zero attached hydrogens (tertiary/aromatic N) is 3. The van der Waals surface area contributed by atoms with Crippen molar-refractivity contribution < 1.29 is 14.3 Å². The summed E-state index contributed by atoms with van der Waals surface area (Å²) in [5.41, 5.74) is 0. The fourth-order valence-electron chi connectivity index (χ4n) is 2.24. The minimum absolute atomic E-state index is 0.464. The lowest BCUT2D eigenvalue weighted by Crippen LogP contribution is -2.22. The molecule has 0 aromatic carbocycles. The molecule has 1 atom stereocenters. The molecular formula is C12H13N3O3. The second kappa shape index (κ2) is 3.97. The summed E-state index contributed by atoms with van der Waals surface area (Å²) in [5, 5.41) is 13.5. The highest BCUT2D eigenvalue weighted by Gasteiger charge is 2.30. The van der Waals surface area contributed by atoms with E-state index in [0.717, 1.165) is 12.2 Å². The SMILES string of the molecule is Cc1ccc(-c2nc3n(n2)CCCC3C(=O)O)o1. The van der Waals surface area contributed by atoms with Gasteiger partial charge in [-0.1, -0.05) is 0 Å². The molecule has 2 aromatic heterocycles. The molecule has 6 nitrogen and oxygen atoms in total. The van der Waals surface area contributed by atoms with E-state index in [9.17, 15) is 4.79 Å². The lowest BCUT2D eigenvalue weighted by molar-refractivity contribution is -0.139. The highest BCUT2D eigenvalue weighted by atomic mass is 16.4. The third-order valence-corrected chi connectivity index (χ3v) is 3.13. The molecule has 0 fully saturated rings. The number of furan rings is 1. The maximum atomic E-state index is 11.2. The highest BCUT2D eigenvalue weighted by Crippen LogP contribution is 2.28. The molecule has 3 rings (SSSR count). The van der Waals surface area contributed by atoms with E-state index in [-0.39, 0.29) is 0 Å². The Morgan fingerprint density at radius 1 is 1.56 bits per heavy atom. The summed E-state index contributed by atoms with van der Waals surface area (Å²) >= 11 is 0. The molecule has 0 saturated heterocycles. The molecule has 3 heterocycles. The van der Waals surface area contributed by atoms with E-state index in [1.165, 1.54) is 0 Å². The van der Waals surface area contributed by atoms with Crippen molar-refractivity contribution in [3.8, 4) is 11.6 Å². The third kappa shape index (κ3) is 1.70. The second-order valence-electron chi connectivity index (χ2n) is 4.46. The first-order chi connectivity index (χ1) is 8.65. The van der Waals surface area contributed by atoms with Gasteiger partial charge in [-0.25, -0.2) is 9.67 Å². The fraction of sp³-hybridized carbons (Fsp3) is 0.417. The topological polar surface area (TPSA) is 81.2 Å². The molecule has 1 unspecified atom stereocenters. The predicted octanol–water partition coefficient (Wildman–Crippen LogP) is 1.81. The maximum absolute atomic E-state index is 11.2. The molecule has 18 heavy (non-hydrogen) atoms. The van der Waals surface area contributed by atoms with E-state index in [2.05, 4.69) is 10.1 Å². The smallest absolute Gasteiger partial charge is 0.314 e. The number of aromatic nitrogens is 3. The van der Waals surface area contributed by atoms with Crippen LogP contribution in [-0.2, 0) is 11.3 Å². The summed E-state index contributed by atoms with van der Waals surface area (Å²) in [6.45, 7) is 2.56. The molecule has 1 aliphatic rings. The Kier molecular flexibility index (Phi) is 2.43. The van der Waals surface area contributed by atoms with Gasteiger partial charge in [-0.05, 0) is 31.9 Å². The number of carbonyl (C=O) groups is 1. The molecule has 0 spiro atoms. The Balaban J connectivity index is 2.03. The van der Waals surface area contributed by atoms with Crippen molar-refractivity contribution in [2.75, 3.05) is 0 Å². The first-order valence-electron chi connectivity index (χ1n) is 5.89. The van der Waals surface area contributed by atoms with Crippen LogP contribution in [0.1, 0.15) is 30.3 Å². The second-order valence-corrected chi connectivity index (χ2v) is 4.46. The van der Waals surface area contributed by atoms with Crippen LogP contribution in [0.5, 0.6) is 0 Å². The van der Waals surface area contributed by atoms with Gasteiger partial charge < -0.3 is 9.52 Å². The van der Waals surface area contributed by atoms with Crippen LogP contribution in [0.3, 0.4) is 0 Å². The zero-order valence-electron chi connectivity index (χ0n) is 9.96. The number of hydrogen-bond acceptors (Lipinski definition) is 4. The van der Waals surface area contributed by atoms with Crippen LogP contribution in [-0.4, -0.2) is 25.8 Å². The molecule has 1 aliphatic heterocycles. The van der Waals surface area contributed by atoms with Crippen molar-refractivity contribution in [2.45, 2.75) is 32.2 Å². The molecule has 0 amide bonds. The predicted molar refractivity (Wildman–Crippen MR) is 62.1 cm³/mol. The maximum Gasteiger partial charge on any atom is 0.314 e.